The maximum Gasteiger partial charge on any atom is 0.330 e. The van der Waals surface area contributed by atoms with Gasteiger partial charge in [-0.3, -0.25) is 0 Å². The van der Waals surface area contributed by atoms with Crippen LogP contribution in [0, 0.1) is 0 Å². The smallest absolute Gasteiger partial charge is 0.330 e. The minimum absolute atomic E-state index is 0.0400. The van der Waals surface area contributed by atoms with Crippen LogP contribution in [0.2, 0.25) is 0 Å². The molecule has 0 saturated carbocycles. The highest BCUT2D eigenvalue weighted by molar-refractivity contribution is 5.87. The number of esters is 1. The normalized spacial score (nSPS) is 10.4. The number of ether oxygens (including phenoxy) is 1. The van der Waals surface area contributed by atoms with Crippen LogP contribution in [0.1, 0.15) is 11.1 Å². The molecule has 0 saturated heterocycles. The number of aliphatic hydroxyl groups excluding tert-OH is 1. The van der Waals surface area contributed by atoms with E-state index in [0.29, 0.717) is 0 Å². The number of methoxy groups -OCH3 is 1. The van der Waals surface area contributed by atoms with E-state index in [4.69, 9.17) is 5.11 Å². The fourth-order valence-corrected chi connectivity index (χ4v) is 1.07. The molecule has 1 aromatic carbocycles. The number of benzene rings is 1. The molecule has 0 unspecified atom stereocenters. The van der Waals surface area contributed by atoms with E-state index in [1.54, 1.807) is 12.1 Å². The molecule has 3 heteroatoms. The molecule has 3 nitrogen and oxygen atoms in total. The van der Waals surface area contributed by atoms with Crippen LogP contribution in [0.25, 0.3) is 6.08 Å². The summed E-state index contributed by atoms with van der Waals surface area (Å²) in [5.41, 5.74) is 1.60. The maximum absolute atomic E-state index is 10.8. The van der Waals surface area contributed by atoms with Gasteiger partial charge >= 0.3 is 5.97 Å². The third-order valence-electron chi connectivity index (χ3n) is 1.83. The molecule has 0 aliphatic carbocycles. The first-order chi connectivity index (χ1) is 6.77. The van der Waals surface area contributed by atoms with Crippen LogP contribution in [0.3, 0.4) is 0 Å². The molecule has 0 spiro atoms. The lowest BCUT2D eigenvalue weighted by atomic mass is 10.1. The van der Waals surface area contributed by atoms with Crippen molar-refractivity contribution in [3.05, 3.63) is 41.5 Å². The predicted octanol–water partition coefficient (Wildman–Crippen LogP) is 1.37. The molecule has 1 N–H and O–H groups in total. The highest BCUT2D eigenvalue weighted by atomic mass is 16.5. The van der Waals surface area contributed by atoms with Gasteiger partial charge in [0.2, 0.25) is 0 Å². The van der Waals surface area contributed by atoms with Crippen molar-refractivity contribution in [2.45, 2.75) is 6.61 Å². The van der Waals surface area contributed by atoms with Crippen molar-refractivity contribution in [1.29, 1.82) is 0 Å². The number of hydrogen-bond acceptors (Lipinski definition) is 3. The summed E-state index contributed by atoms with van der Waals surface area (Å²) >= 11 is 0. The van der Waals surface area contributed by atoms with Crippen molar-refractivity contribution in [3.63, 3.8) is 0 Å². The molecule has 74 valence electrons. The van der Waals surface area contributed by atoms with E-state index in [1.165, 1.54) is 13.2 Å². The van der Waals surface area contributed by atoms with Gasteiger partial charge in [0.1, 0.15) is 0 Å². The third kappa shape index (κ3) is 2.71. The first kappa shape index (κ1) is 10.5. The Kier molecular flexibility index (Phi) is 3.88. The van der Waals surface area contributed by atoms with E-state index >= 15 is 0 Å². The lowest BCUT2D eigenvalue weighted by molar-refractivity contribution is -0.134. The Labute approximate surface area is 82.6 Å². The minimum atomic E-state index is -0.405. The standard InChI is InChI=1S/C11H12O3/c1-14-11(13)7-6-9-4-2-3-5-10(9)8-12/h2-7,12H,8H2,1H3. The fourth-order valence-electron chi connectivity index (χ4n) is 1.07. The summed E-state index contributed by atoms with van der Waals surface area (Å²) in [6, 6.07) is 7.30. The Hall–Kier alpha value is -1.61. The third-order valence-corrected chi connectivity index (χ3v) is 1.83. The zero-order valence-electron chi connectivity index (χ0n) is 7.93. The van der Waals surface area contributed by atoms with E-state index in [0.717, 1.165) is 11.1 Å². The lowest BCUT2D eigenvalue weighted by Crippen LogP contribution is -1.94. The fraction of sp³-hybridized carbons (Fsp3) is 0.182. The Balaban J connectivity index is 2.85. The van der Waals surface area contributed by atoms with Gasteiger partial charge in [-0.25, -0.2) is 4.79 Å². The van der Waals surface area contributed by atoms with E-state index < -0.39 is 5.97 Å². The molecule has 0 aliphatic heterocycles. The van der Waals surface area contributed by atoms with Gasteiger partial charge in [0.05, 0.1) is 13.7 Å². The largest absolute Gasteiger partial charge is 0.466 e. The van der Waals surface area contributed by atoms with Crippen molar-refractivity contribution in [1.82, 2.24) is 0 Å². The van der Waals surface area contributed by atoms with Crippen LogP contribution in [-0.2, 0) is 16.1 Å². The Morgan fingerprint density at radius 1 is 1.50 bits per heavy atom. The van der Waals surface area contributed by atoms with Crippen LogP contribution in [0.4, 0.5) is 0 Å². The Bertz CT molecular complexity index is 342. The highest BCUT2D eigenvalue weighted by Gasteiger charge is 1.97. The molecule has 0 radical (unpaired) electrons. The van der Waals surface area contributed by atoms with Crippen molar-refractivity contribution in [2.24, 2.45) is 0 Å². The summed E-state index contributed by atoms with van der Waals surface area (Å²) in [6.07, 6.45) is 2.95. The monoisotopic (exact) mass is 192 g/mol. The van der Waals surface area contributed by atoms with Gasteiger partial charge in [0.25, 0.3) is 0 Å². The second-order valence-electron chi connectivity index (χ2n) is 2.71. The summed E-state index contributed by atoms with van der Waals surface area (Å²) < 4.78 is 4.46. The predicted molar refractivity (Wildman–Crippen MR) is 53.4 cm³/mol. The van der Waals surface area contributed by atoms with E-state index in [2.05, 4.69) is 4.74 Å². The van der Waals surface area contributed by atoms with Gasteiger partial charge in [-0.05, 0) is 17.2 Å². The second kappa shape index (κ2) is 5.19. The van der Waals surface area contributed by atoms with Crippen molar-refractivity contribution < 1.29 is 14.6 Å². The minimum Gasteiger partial charge on any atom is -0.466 e. The van der Waals surface area contributed by atoms with E-state index in [-0.39, 0.29) is 6.61 Å². The first-order valence-electron chi connectivity index (χ1n) is 4.22. The van der Waals surface area contributed by atoms with Crippen molar-refractivity contribution in [2.75, 3.05) is 7.11 Å². The number of rotatable bonds is 3. The molecule has 0 heterocycles. The average molecular weight is 192 g/mol. The molecule has 0 aliphatic rings. The number of hydrogen-bond donors (Lipinski definition) is 1. The molecule has 1 rings (SSSR count). The van der Waals surface area contributed by atoms with Crippen LogP contribution in [0.15, 0.2) is 30.3 Å². The van der Waals surface area contributed by atoms with Gasteiger partial charge < -0.3 is 9.84 Å². The molecular weight excluding hydrogens is 180 g/mol. The average Bonchev–Trinajstić information content (AvgIpc) is 2.26. The second-order valence-corrected chi connectivity index (χ2v) is 2.71. The molecule has 0 bridgehead atoms. The van der Waals surface area contributed by atoms with Crippen LogP contribution in [0.5, 0.6) is 0 Å². The summed E-state index contributed by atoms with van der Waals surface area (Å²) in [5.74, 6) is -0.405. The van der Waals surface area contributed by atoms with Crippen LogP contribution >= 0.6 is 0 Å². The van der Waals surface area contributed by atoms with Crippen LogP contribution < -0.4 is 0 Å². The molecule has 0 aromatic heterocycles. The summed E-state index contributed by atoms with van der Waals surface area (Å²) in [6.45, 7) is -0.0400. The molecule has 0 fully saturated rings. The van der Waals surface area contributed by atoms with E-state index in [1.807, 2.05) is 18.2 Å². The number of aliphatic hydroxyl groups is 1. The van der Waals surface area contributed by atoms with Gasteiger partial charge in [0, 0.05) is 6.08 Å². The molecule has 1 aromatic rings. The van der Waals surface area contributed by atoms with Crippen molar-refractivity contribution >= 4 is 12.0 Å². The topological polar surface area (TPSA) is 46.5 Å². The van der Waals surface area contributed by atoms with Gasteiger partial charge in [0.15, 0.2) is 0 Å². The first-order valence-corrected chi connectivity index (χ1v) is 4.22. The van der Waals surface area contributed by atoms with Crippen molar-refractivity contribution in [3.8, 4) is 0 Å². The van der Waals surface area contributed by atoms with Gasteiger partial charge in [-0.2, -0.15) is 0 Å². The van der Waals surface area contributed by atoms with Gasteiger partial charge in [-0.1, -0.05) is 24.3 Å². The number of carbonyl (C=O) groups is 1. The highest BCUT2D eigenvalue weighted by Crippen LogP contribution is 2.10. The summed E-state index contributed by atoms with van der Waals surface area (Å²) in [7, 11) is 1.32. The maximum atomic E-state index is 10.8. The quantitative estimate of drug-likeness (QED) is 0.581. The zero-order valence-corrected chi connectivity index (χ0v) is 7.93. The Morgan fingerprint density at radius 3 is 2.86 bits per heavy atom. The molecule has 0 atom stereocenters. The van der Waals surface area contributed by atoms with Crippen LogP contribution in [-0.4, -0.2) is 18.2 Å². The zero-order chi connectivity index (χ0) is 10.4. The molecular formula is C11H12O3. The Morgan fingerprint density at radius 2 is 2.21 bits per heavy atom. The number of carbonyl (C=O) groups excluding carboxylic acids is 1. The lowest BCUT2D eigenvalue weighted by Gasteiger charge is -2.00. The molecule has 0 amide bonds. The van der Waals surface area contributed by atoms with E-state index in [9.17, 15) is 4.79 Å². The summed E-state index contributed by atoms with van der Waals surface area (Å²) in [5, 5.41) is 8.99. The SMILES string of the molecule is COC(=O)C=Cc1ccccc1CO. The summed E-state index contributed by atoms with van der Waals surface area (Å²) in [4.78, 5) is 10.8. The van der Waals surface area contributed by atoms with Gasteiger partial charge in [-0.15, -0.1) is 0 Å². The molecule has 14 heavy (non-hydrogen) atoms.